The molecule has 0 saturated carbocycles. The maximum Gasteiger partial charge on any atom is 0.375 e. The Morgan fingerprint density at radius 2 is 1.86 bits per heavy atom. The molecule has 0 fully saturated rings. The van der Waals surface area contributed by atoms with Crippen LogP contribution in [0.4, 0.5) is 0 Å². The summed E-state index contributed by atoms with van der Waals surface area (Å²) in [6, 6.07) is 7.95. The molecule has 1 aliphatic heterocycles. The number of carbonyl (C=O) groups excluding carboxylic acids is 3. The van der Waals surface area contributed by atoms with E-state index in [1.54, 1.807) is 18.2 Å². The van der Waals surface area contributed by atoms with Crippen molar-refractivity contribution < 1.29 is 19.2 Å². The first-order valence-corrected chi connectivity index (χ1v) is 6.49. The maximum atomic E-state index is 12.0. The van der Waals surface area contributed by atoms with Crippen molar-refractivity contribution in [2.24, 2.45) is 0 Å². The molecule has 2 aromatic rings. The van der Waals surface area contributed by atoms with Gasteiger partial charge in [-0.1, -0.05) is 28.5 Å². The molecule has 1 aliphatic rings. The third kappa shape index (κ3) is 2.05. The number of rotatable bonds is 2. The summed E-state index contributed by atoms with van der Waals surface area (Å²) in [7, 11) is 0. The molecule has 1 aromatic carbocycles. The molecule has 0 atom stereocenters. The molecule has 7 nitrogen and oxygen atoms in total. The number of aromatic nitrogens is 1. The summed E-state index contributed by atoms with van der Waals surface area (Å²) in [5.41, 5.74) is 0.356. The second-order valence-electron chi connectivity index (χ2n) is 3.97. The number of hydroxylamine groups is 2. The zero-order chi connectivity index (χ0) is 15.0. The number of thiazole rings is 1. The number of nitrogens with zero attached hydrogens (tertiary/aromatic N) is 3. The van der Waals surface area contributed by atoms with Gasteiger partial charge in [-0.3, -0.25) is 9.59 Å². The van der Waals surface area contributed by atoms with Crippen LogP contribution in [0.3, 0.4) is 0 Å². The lowest BCUT2D eigenvalue weighted by molar-refractivity contribution is -0.0581. The van der Waals surface area contributed by atoms with Crippen molar-refractivity contribution in [2.75, 3.05) is 0 Å². The molecular formula is C13H5N3O4S. The molecule has 8 heteroatoms. The Morgan fingerprint density at radius 1 is 1.24 bits per heavy atom. The topological polar surface area (TPSA) is 100 Å². The highest BCUT2D eigenvalue weighted by atomic mass is 32.1. The molecule has 1 aromatic heterocycles. The molecule has 0 bridgehead atoms. The number of amides is 2. The van der Waals surface area contributed by atoms with Gasteiger partial charge in [-0.15, -0.1) is 0 Å². The average molecular weight is 299 g/mol. The highest BCUT2D eigenvalue weighted by Gasteiger charge is 2.39. The predicted molar refractivity (Wildman–Crippen MR) is 69.2 cm³/mol. The zero-order valence-corrected chi connectivity index (χ0v) is 11.1. The summed E-state index contributed by atoms with van der Waals surface area (Å²) in [5.74, 6) is -2.31. The number of hydrogen-bond acceptors (Lipinski definition) is 7. The van der Waals surface area contributed by atoms with E-state index in [2.05, 4.69) is 4.98 Å². The summed E-state index contributed by atoms with van der Waals surface area (Å²) >= 11 is 0.815. The largest absolute Gasteiger partial charge is 0.375 e. The Morgan fingerprint density at radius 3 is 2.38 bits per heavy atom. The van der Waals surface area contributed by atoms with Crippen LogP contribution in [0.1, 0.15) is 35.4 Å². The van der Waals surface area contributed by atoms with E-state index in [1.165, 1.54) is 12.1 Å². The van der Waals surface area contributed by atoms with Crippen molar-refractivity contribution in [2.45, 2.75) is 0 Å². The van der Waals surface area contributed by atoms with Crippen molar-refractivity contribution in [3.63, 3.8) is 0 Å². The van der Waals surface area contributed by atoms with Crippen molar-refractivity contribution in [1.82, 2.24) is 10.0 Å². The van der Waals surface area contributed by atoms with Gasteiger partial charge in [0.25, 0.3) is 11.8 Å². The van der Waals surface area contributed by atoms with Crippen molar-refractivity contribution in [3.05, 3.63) is 51.5 Å². The monoisotopic (exact) mass is 299 g/mol. The van der Waals surface area contributed by atoms with Crippen molar-refractivity contribution in [3.8, 4) is 6.07 Å². The second-order valence-corrected chi connectivity index (χ2v) is 5.00. The van der Waals surface area contributed by atoms with Crippen LogP contribution in [0.25, 0.3) is 0 Å². The van der Waals surface area contributed by atoms with Gasteiger partial charge in [-0.05, 0) is 12.1 Å². The zero-order valence-electron chi connectivity index (χ0n) is 10.3. The minimum atomic E-state index is -0.913. The van der Waals surface area contributed by atoms with Crippen molar-refractivity contribution in [1.29, 1.82) is 5.26 Å². The summed E-state index contributed by atoms with van der Waals surface area (Å²) in [6.07, 6.45) is 1.16. The second kappa shape index (κ2) is 4.81. The molecule has 0 N–H and O–H groups in total. The summed E-state index contributed by atoms with van der Waals surface area (Å²) in [4.78, 5) is 44.4. The number of nitriles is 1. The summed E-state index contributed by atoms with van der Waals surface area (Å²) in [5, 5.41) is 9.15. The average Bonchev–Trinajstić information content (AvgIpc) is 3.07. The molecule has 2 heterocycles. The fourth-order valence-electron chi connectivity index (χ4n) is 1.80. The first kappa shape index (κ1) is 13.0. The molecule has 102 valence electrons. The smallest absolute Gasteiger partial charge is 0.323 e. The predicted octanol–water partition coefficient (Wildman–Crippen LogP) is 1.38. The van der Waals surface area contributed by atoms with E-state index in [-0.39, 0.29) is 21.0 Å². The summed E-state index contributed by atoms with van der Waals surface area (Å²) < 4.78 is 0. The quantitative estimate of drug-likeness (QED) is 0.777. The van der Waals surface area contributed by atoms with Gasteiger partial charge in [0.05, 0.1) is 17.3 Å². The Hall–Kier alpha value is -3.05. The van der Waals surface area contributed by atoms with Gasteiger partial charge < -0.3 is 4.84 Å². The SMILES string of the molecule is N#Cc1ncc(C(=O)ON2C(=O)c3ccccc3C2=O)s1. The standard InChI is InChI=1S/C13H5N3O4S/c14-5-10-15-6-9(21-10)13(19)20-16-11(17)7-3-1-2-4-8(7)12(16)18/h1-4,6H. The minimum Gasteiger partial charge on any atom is -0.323 e. The third-order valence-corrected chi connectivity index (χ3v) is 3.62. The van der Waals surface area contributed by atoms with Gasteiger partial charge in [0.15, 0.2) is 5.01 Å². The van der Waals surface area contributed by atoms with Gasteiger partial charge in [0.2, 0.25) is 0 Å². The van der Waals surface area contributed by atoms with E-state index in [0.29, 0.717) is 5.06 Å². The minimum absolute atomic E-state index is 0.0307. The van der Waals surface area contributed by atoms with Gasteiger partial charge >= 0.3 is 5.97 Å². The van der Waals surface area contributed by atoms with Crippen LogP contribution < -0.4 is 0 Å². The Bertz CT molecular complexity index is 786. The van der Waals surface area contributed by atoms with Gasteiger partial charge in [0, 0.05) is 0 Å². The number of fused-ring (bicyclic) bond motifs is 1. The van der Waals surface area contributed by atoms with Crippen LogP contribution in [0.15, 0.2) is 30.5 Å². The lowest BCUT2D eigenvalue weighted by atomic mass is 10.1. The number of imide groups is 1. The van der Waals surface area contributed by atoms with E-state index >= 15 is 0 Å². The fourth-order valence-corrected chi connectivity index (χ4v) is 2.38. The van der Waals surface area contributed by atoms with Gasteiger partial charge in [-0.2, -0.15) is 5.26 Å². The molecule has 21 heavy (non-hydrogen) atoms. The molecule has 0 saturated heterocycles. The highest BCUT2D eigenvalue weighted by molar-refractivity contribution is 7.14. The van der Waals surface area contributed by atoms with E-state index < -0.39 is 17.8 Å². The summed E-state index contributed by atoms with van der Waals surface area (Å²) in [6.45, 7) is 0. The Balaban J connectivity index is 1.84. The number of benzene rings is 1. The molecule has 0 unspecified atom stereocenters. The van der Waals surface area contributed by atoms with Crippen molar-refractivity contribution >= 4 is 29.1 Å². The fraction of sp³-hybridized carbons (Fsp3) is 0. The maximum absolute atomic E-state index is 12.0. The lowest BCUT2D eigenvalue weighted by Crippen LogP contribution is -2.32. The van der Waals surface area contributed by atoms with E-state index in [0.717, 1.165) is 17.5 Å². The molecule has 3 rings (SSSR count). The lowest BCUT2D eigenvalue weighted by Gasteiger charge is -2.11. The van der Waals surface area contributed by atoms with E-state index in [9.17, 15) is 14.4 Å². The molecular weight excluding hydrogens is 294 g/mol. The van der Waals surface area contributed by atoms with Gasteiger partial charge in [0.1, 0.15) is 10.9 Å². The molecule has 0 aliphatic carbocycles. The normalized spacial score (nSPS) is 13.0. The highest BCUT2D eigenvalue weighted by Crippen LogP contribution is 2.24. The first-order valence-electron chi connectivity index (χ1n) is 5.68. The third-order valence-electron chi connectivity index (χ3n) is 2.73. The molecule has 0 radical (unpaired) electrons. The first-order chi connectivity index (χ1) is 10.1. The van der Waals surface area contributed by atoms with E-state index in [1.807, 2.05) is 0 Å². The van der Waals surface area contributed by atoms with Crippen LogP contribution in [0.2, 0.25) is 0 Å². The van der Waals surface area contributed by atoms with Crippen LogP contribution >= 0.6 is 11.3 Å². The van der Waals surface area contributed by atoms with Gasteiger partial charge in [-0.25, -0.2) is 9.78 Å². The number of carbonyl (C=O) groups is 3. The van der Waals surface area contributed by atoms with E-state index in [4.69, 9.17) is 10.1 Å². The van der Waals surface area contributed by atoms with Crippen LogP contribution in [0, 0.1) is 11.3 Å². The molecule has 2 amide bonds. The van der Waals surface area contributed by atoms with Crippen LogP contribution in [-0.4, -0.2) is 27.8 Å². The molecule has 0 spiro atoms. The Labute approximate surface area is 122 Å². The number of hydrogen-bond donors (Lipinski definition) is 0. The van der Waals surface area contributed by atoms with Crippen LogP contribution in [-0.2, 0) is 4.84 Å². The van der Waals surface area contributed by atoms with Crippen LogP contribution in [0.5, 0.6) is 0 Å². The Kier molecular flexibility index (Phi) is 2.97.